The second-order valence-corrected chi connectivity index (χ2v) is 8.45. The summed E-state index contributed by atoms with van der Waals surface area (Å²) in [5.74, 6) is -1.25. The van der Waals surface area contributed by atoms with Gasteiger partial charge in [-0.05, 0) is 36.4 Å². The highest BCUT2D eigenvalue weighted by Gasteiger charge is 2.29. The van der Waals surface area contributed by atoms with Crippen molar-refractivity contribution in [2.75, 3.05) is 19.8 Å². The third-order valence-corrected chi connectivity index (χ3v) is 4.98. The van der Waals surface area contributed by atoms with Crippen LogP contribution in [0.1, 0.15) is 25.5 Å². The fourth-order valence-corrected chi connectivity index (χ4v) is 3.32. The quantitative estimate of drug-likeness (QED) is 0.461. The third kappa shape index (κ3) is 7.03. The Hall–Kier alpha value is -1.79. The van der Waals surface area contributed by atoms with E-state index in [2.05, 4.69) is 0 Å². The molecule has 0 bridgehead atoms. The summed E-state index contributed by atoms with van der Waals surface area (Å²) in [5, 5.41) is 9.82. The van der Waals surface area contributed by atoms with E-state index >= 15 is 0 Å². The van der Waals surface area contributed by atoms with Crippen molar-refractivity contribution in [1.29, 1.82) is 0 Å². The van der Waals surface area contributed by atoms with Crippen LogP contribution < -0.4 is 4.74 Å². The standard InChI is InChI=1S/C18H22ClO7P/c1-18(2,11-20)12-25-27(22)17(15-4-3-9-23-15)26-16(21)10-24-14-7-5-13(19)6-8-14/h3-9,17,20,27H,10-12H2,1-2H3. The number of halogens is 1. The summed E-state index contributed by atoms with van der Waals surface area (Å²) < 4.78 is 33.7. The number of aliphatic hydroxyl groups excluding tert-OH is 1. The van der Waals surface area contributed by atoms with Gasteiger partial charge in [0.15, 0.2) is 12.4 Å². The molecule has 2 aromatic rings. The van der Waals surface area contributed by atoms with Crippen LogP contribution in [0, 0.1) is 5.41 Å². The number of furan rings is 1. The number of benzene rings is 1. The van der Waals surface area contributed by atoms with E-state index in [1.54, 1.807) is 50.2 Å². The lowest BCUT2D eigenvalue weighted by Gasteiger charge is -2.23. The van der Waals surface area contributed by atoms with Crippen LogP contribution in [-0.2, 0) is 18.6 Å². The van der Waals surface area contributed by atoms with Gasteiger partial charge < -0.3 is 23.5 Å². The second-order valence-electron chi connectivity index (χ2n) is 6.56. The van der Waals surface area contributed by atoms with Crippen molar-refractivity contribution >= 4 is 25.6 Å². The van der Waals surface area contributed by atoms with Crippen molar-refractivity contribution in [3.05, 3.63) is 53.4 Å². The Morgan fingerprint density at radius 3 is 2.59 bits per heavy atom. The Balaban J connectivity index is 1.96. The molecule has 148 valence electrons. The van der Waals surface area contributed by atoms with Gasteiger partial charge in [0.25, 0.3) is 0 Å². The lowest BCUT2D eigenvalue weighted by Crippen LogP contribution is -2.23. The highest BCUT2D eigenvalue weighted by molar-refractivity contribution is 7.39. The van der Waals surface area contributed by atoms with Crippen molar-refractivity contribution in [2.45, 2.75) is 19.7 Å². The Labute approximate surface area is 163 Å². The van der Waals surface area contributed by atoms with Gasteiger partial charge in [-0.25, -0.2) is 4.79 Å². The molecule has 9 heteroatoms. The Morgan fingerprint density at radius 2 is 2.00 bits per heavy atom. The van der Waals surface area contributed by atoms with Crippen LogP contribution >= 0.6 is 19.6 Å². The average Bonchev–Trinajstić information content (AvgIpc) is 3.18. The van der Waals surface area contributed by atoms with E-state index in [1.807, 2.05) is 0 Å². The number of hydrogen-bond acceptors (Lipinski definition) is 7. The molecule has 2 unspecified atom stereocenters. The first-order valence-electron chi connectivity index (χ1n) is 8.19. The summed E-state index contributed by atoms with van der Waals surface area (Å²) in [5.41, 5.74) is -0.574. The average molecular weight is 417 g/mol. The highest BCUT2D eigenvalue weighted by Crippen LogP contribution is 2.44. The zero-order chi connectivity index (χ0) is 19.9. The Kier molecular flexibility index (Phi) is 7.92. The molecule has 0 aliphatic heterocycles. The van der Waals surface area contributed by atoms with Gasteiger partial charge in [-0.3, -0.25) is 4.57 Å². The minimum atomic E-state index is -2.85. The predicted molar refractivity (Wildman–Crippen MR) is 100 cm³/mol. The molecule has 0 radical (unpaired) electrons. The molecule has 0 aliphatic rings. The smallest absolute Gasteiger partial charge is 0.345 e. The number of aliphatic hydroxyl groups is 1. The van der Waals surface area contributed by atoms with E-state index in [0.717, 1.165) is 0 Å². The summed E-state index contributed by atoms with van der Waals surface area (Å²) in [4.78, 5) is 12.1. The number of hydrogen-bond donors (Lipinski definition) is 1. The molecule has 2 atom stereocenters. The van der Waals surface area contributed by atoms with Gasteiger partial charge in [0.2, 0.25) is 13.9 Å². The number of ether oxygens (including phenoxy) is 2. The Bertz CT molecular complexity index is 744. The molecule has 1 aromatic heterocycles. The van der Waals surface area contributed by atoms with Crippen LogP contribution in [0.15, 0.2) is 47.1 Å². The van der Waals surface area contributed by atoms with Crippen LogP contribution in [0.2, 0.25) is 5.02 Å². The van der Waals surface area contributed by atoms with Crippen LogP contribution in [0.3, 0.4) is 0 Å². The molecule has 0 aliphatic carbocycles. The fourth-order valence-electron chi connectivity index (χ4n) is 1.89. The van der Waals surface area contributed by atoms with Gasteiger partial charge in [-0.2, -0.15) is 0 Å². The monoisotopic (exact) mass is 416 g/mol. The summed E-state index contributed by atoms with van der Waals surface area (Å²) >= 11 is 5.79. The van der Waals surface area contributed by atoms with Crippen molar-refractivity contribution in [1.82, 2.24) is 0 Å². The van der Waals surface area contributed by atoms with Gasteiger partial charge >= 0.3 is 5.97 Å². The third-order valence-electron chi connectivity index (χ3n) is 3.47. The fraction of sp³-hybridized carbons (Fsp3) is 0.389. The highest BCUT2D eigenvalue weighted by atomic mass is 35.5. The van der Waals surface area contributed by atoms with Crippen molar-refractivity contribution in [2.24, 2.45) is 5.41 Å². The van der Waals surface area contributed by atoms with Gasteiger partial charge in [0.1, 0.15) is 5.75 Å². The van der Waals surface area contributed by atoms with E-state index in [9.17, 15) is 14.5 Å². The summed E-state index contributed by atoms with van der Waals surface area (Å²) in [6.45, 7) is 3.04. The molecule has 27 heavy (non-hydrogen) atoms. The Morgan fingerprint density at radius 1 is 1.30 bits per heavy atom. The van der Waals surface area contributed by atoms with Crippen molar-refractivity contribution < 1.29 is 32.9 Å². The van der Waals surface area contributed by atoms with Crippen LogP contribution in [0.4, 0.5) is 0 Å². The minimum Gasteiger partial charge on any atom is -0.482 e. The van der Waals surface area contributed by atoms with Gasteiger partial charge in [-0.15, -0.1) is 0 Å². The van der Waals surface area contributed by atoms with Crippen LogP contribution in [0.5, 0.6) is 5.75 Å². The molecule has 0 fully saturated rings. The first-order valence-corrected chi connectivity index (χ1v) is 9.97. The first kappa shape index (κ1) is 21.5. The predicted octanol–water partition coefficient (Wildman–Crippen LogP) is 4.06. The zero-order valence-corrected chi connectivity index (χ0v) is 16.8. The van der Waals surface area contributed by atoms with E-state index in [0.29, 0.717) is 10.8 Å². The maximum absolute atomic E-state index is 12.5. The topological polar surface area (TPSA) is 95.2 Å². The zero-order valence-electron chi connectivity index (χ0n) is 15.0. The maximum atomic E-state index is 12.5. The minimum absolute atomic E-state index is 0.0390. The number of carbonyl (C=O) groups is 1. The molecular weight excluding hydrogens is 395 g/mol. The summed E-state index contributed by atoms with van der Waals surface area (Å²) in [6.07, 6.45) is 1.38. The van der Waals surface area contributed by atoms with Gasteiger partial charge in [0, 0.05) is 10.4 Å². The summed E-state index contributed by atoms with van der Waals surface area (Å²) in [7, 11) is -2.85. The van der Waals surface area contributed by atoms with Gasteiger partial charge in [0.05, 0.1) is 19.5 Å². The lowest BCUT2D eigenvalue weighted by molar-refractivity contribution is -0.149. The molecule has 1 heterocycles. The maximum Gasteiger partial charge on any atom is 0.345 e. The van der Waals surface area contributed by atoms with Crippen molar-refractivity contribution in [3.8, 4) is 5.75 Å². The molecule has 2 rings (SSSR count). The number of rotatable bonds is 10. The largest absolute Gasteiger partial charge is 0.482 e. The van der Waals surface area contributed by atoms with E-state index in [1.165, 1.54) is 6.26 Å². The van der Waals surface area contributed by atoms with Crippen LogP contribution in [0.25, 0.3) is 0 Å². The normalized spacial score (nSPS) is 13.8. The molecule has 0 saturated carbocycles. The van der Waals surface area contributed by atoms with E-state index in [4.69, 9.17) is 30.0 Å². The first-order chi connectivity index (χ1) is 12.8. The van der Waals surface area contributed by atoms with Crippen molar-refractivity contribution in [3.63, 3.8) is 0 Å². The molecule has 7 nitrogen and oxygen atoms in total. The summed E-state index contributed by atoms with van der Waals surface area (Å²) in [6, 6.07) is 9.62. The lowest BCUT2D eigenvalue weighted by atomic mass is 9.97. The number of esters is 1. The molecule has 1 N–H and O–H groups in total. The van der Waals surface area contributed by atoms with E-state index < -0.39 is 25.3 Å². The van der Waals surface area contributed by atoms with Crippen LogP contribution in [-0.4, -0.2) is 30.9 Å². The second kappa shape index (κ2) is 9.95. The molecule has 1 aromatic carbocycles. The number of carbonyl (C=O) groups excluding carboxylic acids is 1. The molecule has 0 spiro atoms. The van der Waals surface area contributed by atoms with E-state index in [-0.39, 0.29) is 25.6 Å². The molecular formula is C18H22ClO7P. The molecule has 0 saturated heterocycles. The SMILES string of the molecule is CC(C)(CO)CO[PH](=O)C(OC(=O)COc1ccc(Cl)cc1)c1ccco1. The molecule has 0 amide bonds. The van der Waals surface area contributed by atoms with Gasteiger partial charge in [-0.1, -0.05) is 25.4 Å².